The van der Waals surface area contributed by atoms with Gasteiger partial charge in [0.2, 0.25) is 10.0 Å². The Morgan fingerprint density at radius 3 is 2.90 bits per heavy atom. The minimum Gasteiger partial charge on any atom is -0.389 e. The van der Waals surface area contributed by atoms with Gasteiger partial charge in [0.15, 0.2) is 0 Å². The molecule has 1 fully saturated rings. The molecule has 1 unspecified atom stereocenters. The monoisotopic (exact) mass is 332 g/mol. The third-order valence-electron chi connectivity index (χ3n) is 3.26. The zero-order valence-corrected chi connectivity index (χ0v) is 13.2. The predicted octanol–water partition coefficient (Wildman–Crippen LogP) is 1.26. The van der Waals surface area contributed by atoms with Gasteiger partial charge in [-0.3, -0.25) is 0 Å². The van der Waals surface area contributed by atoms with Gasteiger partial charge < -0.3 is 10.5 Å². The highest BCUT2D eigenvalue weighted by atomic mass is 32.2. The summed E-state index contributed by atoms with van der Waals surface area (Å²) in [5.74, 6) is -0.631. The van der Waals surface area contributed by atoms with Crippen LogP contribution >= 0.6 is 12.2 Å². The van der Waals surface area contributed by atoms with Gasteiger partial charge >= 0.3 is 0 Å². The molecule has 0 radical (unpaired) electrons. The van der Waals surface area contributed by atoms with Crippen molar-refractivity contribution in [2.45, 2.75) is 24.3 Å². The van der Waals surface area contributed by atoms with Crippen molar-refractivity contribution < 1.29 is 17.5 Å². The molecule has 1 aromatic rings. The van der Waals surface area contributed by atoms with E-state index in [0.29, 0.717) is 19.6 Å². The lowest BCUT2D eigenvalue weighted by molar-refractivity contribution is 0.0752. The van der Waals surface area contributed by atoms with Crippen molar-refractivity contribution in [1.82, 2.24) is 4.31 Å². The average molecular weight is 332 g/mol. The molecule has 0 saturated carbocycles. The molecule has 0 aliphatic carbocycles. The molecule has 1 aliphatic rings. The van der Waals surface area contributed by atoms with Crippen molar-refractivity contribution in [2.75, 3.05) is 19.7 Å². The Labute approximate surface area is 128 Å². The van der Waals surface area contributed by atoms with Gasteiger partial charge in [-0.1, -0.05) is 12.2 Å². The number of thiocarbonyl (C=S) groups is 1. The van der Waals surface area contributed by atoms with Crippen LogP contribution in [0.2, 0.25) is 0 Å². The van der Waals surface area contributed by atoms with Gasteiger partial charge in [0.25, 0.3) is 0 Å². The first kappa shape index (κ1) is 16.3. The fraction of sp³-hybridized carbons (Fsp3) is 0.462. The predicted molar refractivity (Wildman–Crippen MR) is 81.1 cm³/mol. The van der Waals surface area contributed by atoms with E-state index in [1.807, 2.05) is 6.92 Å². The molecule has 0 aromatic heterocycles. The summed E-state index contributed by atoms with van der Waals surface area (Å²) in [6.45, 7) is 2.97. The van der Waals surface area contributed by atoms with Crippen molar-refractivity contribution in [2.24, 2.45) is 5.73 Å². The van der Waals surface area contributed by atoms with Gasteiger partial charge in [-0.25, -0.2) is 12.8 Å². The van der Waals surface area contributed by atoms with Gasteiger partial charge in [-0.05, 0) is 31.5 Å². The maximum atomic E-state index is 13.6. The standard InChI is InChI=1S/C13H17FN2O3S2/c1-9-8-16(5-2-6-19-9)21(17,18)10-3-4-12(14)11(7-10)13(15)20/h3-4,7,9H,2,5-6,8H2,1H3,(H2,15,20). The number of hydrogen-bond donors (Lipinski definition) is 1. The van der Waals surface area contributed by atoms with E-state index in [1.165, 1.54) is 16.4 Å². The molecule has 5 nitrogen and oxygen atoms in total. The lowest BCUT2D eigenvalue weighted by atomic mass is 10.2. The van der Waals surface area contributed by atoms with Crippen LogP contribution in [0, 0.1) is 5.82 Å². The smallest absolute Gasteiger partial charge is 0.243 e. The zero-order chi connectivity index (χ0) is 15.6. The van der Waals surface area contributed by atoms with Crippen LogP contribution in [0.4, 0.5) is 4.39 Å². The minimum absolute atomic E-state index is 0.0131. The van der Waals surface area contributed by atoms with E-state index in [9.17, 15) is 12.8 Å². The van der Waals surface area contributed by atoms with Crippen LogP contribution in [-0.2, 0) is 14.8 Å². The largest absolute Gasteiger partial charge is 0.389 e. The summed E-state index contributed by atoms with van der Waals surface area (Å²) in [7, 11) is -3.72. The summed E-state index contributed by atoms with van der Waals surface area (Å²) < 4.78 is 45.6. The third kappa shape index (κ3) is 3.57. The number of halogens is 1. The Morgan fingerprint density at radius 2 is 2.24 bits per heavy atom. The number of rotatable bonds is 3. The molecule has 0 amide bonds. The highest BCUT2D eigenvalue weighted by Gasteiger charge is 2.28. The van der Waals surface area contributed by atoms with E-state index >= 15 is 0 Å². The molecule has 1 aliphatic heterocycles. The molecule has 2 N–H and O–H groups in total. The average Bonchev–Trinajstić information content (AvgIpc) is 2.63. The summed E-state index contributed by atoms with van der Waals surface area (Å²) in [5.41, 5.74) is 5.35. The fourth-order valence-corrected chi connectivity index (χ4v) is 3.91. The Morgan fingerprint density at radius 1 is 1.52 bits per heavy atom. The molecule has 116 valence electrons. The zero-order valence-electron chi connectivity index (χ0n) is 11.6. The SMILES string of the molecule is CC1CN(S(=O)(=O)c2ccc(F)c(C(N)=S)c2)CCCO1. The van der Waals surface area contributed by atoms with E-state index in [0.717, 1.165) is 6.07 Å². The van der Waals surface area contributed by atoms with Crippen molar-refractivity contribution in [3.05, 3.63) is 29.6 Å². The topological polar surface area (TPSA) is 72.6 Å². The van der Waals surface area contributed by atoms with E-state index in [-0.39, 0.29) is 28.1 Å². The van der Waals surface area contributed by atoms with Crippen molar-refractivity contribution in [3.63, 3.8) is 0 Å². The molecule has 8 heteroatoms. The van der Waals surface area contributed by atoms with Gasteiger partial charge in [0.1, 0.15) is 10.8 Å². The molecule has 2 rings (SSSR count). The molecule has 1 heterocycles. The number of nitrogens with two attached hydrogens (primary N) is 1. The number of sulfonamides is 1. The molecule has 0 spiro atoms. The molecule has 21 heavy (non-hydrogen) atoms. The van der Waals surface area contributed by atoms with Gasteiger partial charge in [0.05, 0.1) is 11.0 Å². The summed E-state index contributed by atoms with van der Waals surface area (Å²) in [6.07, 6.45) is 0.435. The number of nitrogens with zero attached hydrogens (tertiary/aromatic N) is 1. The van der Waals surface area contributed by atoms with Crippen molar-refractivity contribution in [3.8, 4) is 0 Å². The quantitative estimate of drug-likeness (QED) is 0.844. The second-order valence-electron chi connectivity index (χ2n) is 4.90. The molecular formula is C13H17FN2O3S2. The van der Waals surface area contributed by atoms with Crippen LogP contribution in [0.15, 0.2) is 23.1 Å². The van der Waals surface area contributed by atoms with E-state index in [1.54, 1.807) is 0 Å². The Bertz CT molecular complexity index is 649. The van der Waals surface area contributed by atoms with Crippen LogP contribution in [0.3, 0.4) is 0 Å². The second kappa shape index (κ2) is 6.35. The fourth-order valence-electron chi connectivity index (χ4n) is 2.18. The Kier molecular flexibility index (Phi) is 4.92. The number of benzene rings is 1. The van der Waals surface area contributed by atoms with Crippen molar-refractivity contribution >= 4 is 27.2 Å². The van der Waals surface area contributed by atoms with E-state index in [4.69, 9.17) is 22.7 Å². The van der Waals surface area contributed by atoms with E-state index in [2.05, 4.69) is 0 Å². The number of hydrogen-bond acceptors (Lipinski definition) is 4. The minimum atomic E-state index is -3.72. The second-order valence-corrected chi connectivity index (χ2v) is 7.28. The Hall–Kier alpha value is -1.09. The highest BCUT2D eigenvalue weighted by molar-refractivity contribution is 7.89. The lowest BCUT2D eigenvalue weighted by Crippen LogP contribution is -2.36. The maximum absolute atomic E-state index is 13.6. The van der Waals surface area contributed by atoms with Crippen LogP contribution in [0.25, 0.3) is 0 Å². The molecule has 1 atom stereocenters. The molecule has 0 bridgehead atoms. The van der Waals surface area contributed by atoms with Gasteiger partial charge in [-0.15, -0.1) is 0 Å². The lowest BCUT2D eigenvalue weighted by Gasteiger charge is -2.22. The van der Waals surface area contributed by atoms with Crippen LogP contribution in [0.5, 0.6) is 0 Å². The molecular weight excluding hydrogens is 315 g/mol. The van der Waals surface area contributed by atoms with Gasteiger partial charge in [-0.2, -0.15) is 4.31 Å². The molecule has 1 aromatic carbocycles. The first-order valence-electron chi connectivity index (χ1n) is 6.53. The summed E-state index contributed by atoms with van der Waals surface area (Å²) >= 11 is 4.74. The Balaban J connectivity index is 2.39. The van der Waals surface area contributed by atoms with Crippen LogP contribution in [-0.4, -0.2) is 43.5 Å². The summed E-state index contributed by atoms with van der Waals surface area (Å²) in [5, 5.41) is 0. The first-order chi connectivity index (χ1) is 9.82. The first-order valence-corrected chi connectivity index (χ1v) is 8.38. The maximum Gasteiger partial charge on any atom is 0.243 e. The van der Waals surface area contributed by atoms with Crippen molar-refractivity contribution in [1.29, 1.82) is 0 Å². The van der Waals surface area contributed by atoms with E-state index < -0.39 is 15.8 Å². The normalized spacial score (nSPS) is 21.0. The number of ether oxygens (including phenoxy) is 1. The van der Waals surface area contributed by atoms with Crippen LogP contribution in [0.1, 0.15) is 18.9 Å². The van der Waals surface area contributed by atoms with Gasteiger partial charge in [0, 0.05) is 25.3 Å². The third-order valence-corrected chi connectivity index (χ3v) is 5.34. The summed E-state index contributed by atoms with van der Waals surface area (Å²) in [4.78, 5) is -0.182. The molecule has 1 saturated heterocycles. The van der Waals surface area contributed by atoms with Crippen LogP contribution < -0.4 is 5.73 Å². The summed E-state index contributed by atoms with van der Waals surface area (Å²) in [6, 6.07) is 3.48. The highest BCUT2D eigenvalue weighted by Crippen LogP contribution is 2.21.